The minimum Gasteiger partial charge on any atom is -0.378 e. The van der Waals surface area contributed by atoms with Crippen molar-refractivity contribution >= 4 is 5.91 Å². The number of rotatable bonds is 6. The van der Waals surface area contributed by atoms with Gasteiger partial charge in [0.15, 0.2) is 0 Å². The zero-order valence-electron chi connectivity index (χ0n) is 11.7. The van der Waals surface area contributed by atoms with Crippen molar-refractivity contribution < 1.29 is 9.53 Å². The molecule has 1 amide bonds. The molecule has 0 saturated heterocycles. The van der Waals surface area contributed by atoms with Gasteiger partial charge in [-0.15, -0.1) is 0 Å². The van der Waals surface area contributed by atoms with Crippen LogP contribution in [0.3, 0.4) is 0 Å². The Hall–Kier alpha value is -1.86. The Morgan fingerprint density at radius 2 is 2.15 bits per heavy atom. The van der Waals surface area contributed by atoms with E-state index in [1.807, 2.05) is 37.3 Å². The van der Waals surface area contributed by atoms with Gasteiger partial charge in [-0.05, 0) is 31.2 Å². The van der Waals surface area contributed by atoms with Crippen LogP contribution in [-0.4, -0.2) is 18.6 Å². The Bertz CT molecular complexity index is 475. The third-order valence-corrected chi connectivity index (χ3v) is 3.64. The number of ether oxygens (including phenoxy) is 1. The molecule has 0 spiro atoms. The SMILES string of the molecule is CCOC1CC(CC(=O)NC(C#N)c2ccccc2)C1. The van der Waals surface area contributed by atoms with Crippen LogP contribution in [0.25, 0.3) is 0 Å². The van der Waals surface area contributed by atoms with Gasteiger partial charge in [0, 0.05) is 13.0 Å². The number of nitrogens with one attached hydrogen (secondary N) is 1. The zero-order valence-corrected chi connectivity index (χ0v) is 11.7. The van der Waals surface area contributed by atoms with Gasteiger partial charge in [-0.3, -0.25) is 4.79 Å². The van der Waals surface area contributed by atoms with Gasteiger partial charge in [-0.1, -0.05) is 30.3 Å². The minimum absolute atomic E-state index is 0.0552. The van der Waals surface area contributed by atoms with E-state index in [4.69, 9.17) is 10.00 Å². The van der Waals surface area contributed by atoms with Crippen molar-refractivity contribution in [1.29, 1.82) is 5.26 Å². The highest BCUT2D eigenvalue weighted by molar-refractivity contribution is 5.77. The van der Waals surface area contributed by atoms with Crippen LogP contribution in [0.15, 0.2) is 30.3 Å². The lowest BCUT2D eigenvalue weighted by Gasteiger charge is -2.34. The summed E-state index contributed by atoms with van der Waals surface area (Å²) in [5.74, 6) is 0.335. The fraction of sp³-hybridized carbons (Fsp3) is 0.500. The smallest absolute Gasteiger partial charge is 0.221 e. The van der Waals surface area contributed by atoms with Gasteiger partial charge in [0.2, 0.25) is 5.91 Å². The first kappa shape index (κ1) is 14.5. The highest BCUT2D eigenvalue weighted by atomic mass is 16.5. The number of hydrogen-bond donors (Lipinski definition) is 1. The number of nitrogens with zero attached hydrogens (tertiary/aromatic N) is 1. The van der Waals surface area contributed by atoms with Crippen molar-refractivity contribution in [3.63, 3.8) is 0 Å². The van der Waals surface area contributed by atoms with Crippen LogP contribution < -0.4 is 5.32 Å². The molecule has 1 fully saturated rings. The van der Waals surface area contributed by atoms with Gasteiger partial charge in [-0.2, -0.15) is 5.26 Å². The highest BCUT2D eigenvalue weighted by Crippen LogP contribution is 2.32. The zero-order chi connectivity index (χ0) is 14.4. The third kappa shape index (κ3) is 3.82. The molecule has 1 aliphatic rings. The van der Waals surface area contributed by atoms with Gasteiger partial charge < -0.3 is 10.1 Å². The molecule has 1 atom stereocenters. The molecule has 1 aliphatic carbocycles. The second-order valence-corrected chi connectivity index (χ2v) is 5.16. The summed E-state index contributed by atoms with van der Waals surface area (Å²) in [5.41, 5.74) is 0.823. The van der Waals surface area contributed by atoms with Gasteiger partial charge in [0.1, 0.15) is 6.04 Å². The maximum Gasteiger partial charge on any atom is 0.221 e. The molecular weight excluding hydrogens is 252 g/mol. The summed E-state index contributed by atoms with van der Waals surface area (Å²) in [7, 11) is 0. The molecule has 106 valence electrons. The van der Waals surface area contributed by atoms with Gasteiger partial charge >= 0.3 is 0 Å². The second kappa shape index (κ2) is 7.06. The monoisotopic (exact) mass is 272 g/mol. The largest absolute Gasteiger partial charge is 0.378 e. The van der Waals surface area contributed by atoms with Crippen LogP contribution in [-0.2, 0) is 9.53 Å². The fourth-order valence-electron chi connectivity index (χ4n) is 2.53. The van der Waals surface area contributed by atoms with Crippen molar-refractivity contribution in [3.8, 4) is 6.07 Å². The Morgan fingerprint density at radius 3 is 2.75 bits per heavy atom. The molecule has 20 heavy (non-hydrogen) atoms. The quantitative estimate of drug-likeness (QED) is 0.865. The van der Waals surface area contributed by atoms with Crippen molar-refractivity contribution in [2.45, 2.75) is 38.3 Å². The lowest BCUT2D eigenvalue weighted by atomic mass is 9.80. The van der Waals surface area contributed by atoms with Crippen molar-refractivity contribution in [2.24, 2.45) is 5.92 Å². The number of carbonyl (C=O) groups is 1. The first-order chi connectivity index (χ1) is 9.72. The number of nitriles is 1. The number of carbonyl (C=O) groups excluding carboxylic acids is 1. The molecule has 1 unspecified atom stereocenters. The third-order valence-electron chi connectivity index (χ3n) is 3.64. The molecule has 1 aromatic rings. The maximum atomic E-state index is 12.0. The van der Waals surface area contributed by atoms with Gasteiger partial charge in [-0.25, -0.2) is 0 Å². The molecule has 1 aromatic carbocycles. The molecule has 1 N–H and O–H groups in total. The van der Waals surface area contributed by atoms with Crippen molar-refractivity contribution in [1.82, 2.24) is 5.32 Å². The summed E-state index contributed by atoms with van der Waals surface area (Å²) in [6, 6.07) is 10.9. The van der Waals surface area contributed by atoms with E-state index in [-0.39, 0.29) is 5.91 Å². The van der Waals surface area contributed by atoms with Gasteiger partial charge in [0.25, 0.3) is 0 Å². The summed E-state index contributed by atoms with van der Waals surface area (Å²) in [5, 5.41) is 11.9. The van der Waals surface area contributed by atoms with Crippen LogP contribution in [0.1, 0.15) is 37.8 Å². The first-order valence-electron chi connectivity index (χ1n) is 7.08. The van der Waals surface area contributed by atoms with Crippen molar-refractivity contribution in [2.75, 3.05) is 6.61 Å². The van der Waals surface area contributed by atoms with Crippen LogP contribution in [0, 0.1) is 17.2 Å². The molecule has 4 heteroatoms. The number of hydrogen-bond acceptors (Lipinski definition) is 3. The molecule has 0 bridgehead atoms. The second-order valence-electron chi connectivity index (χ2n) is 5.16. The van der Waals surface area contributed by atoms with Gasteiger partial charge in [0.05, 0.1) is 12.2 Å². The summed E-state index contributed by atoms with van der Waals surface area (Å²) >= 11 is 0. The topological polar surface area (TPSA) is 62.1 Å². The molecule has 0 aliphatic heterocycles. The van der Waals surface area contributed by atoms with Crippen molar-refractivity contribution in [3.05, 3.63) is 35.9 Å². The van der Waals surface area contributed by atoms with E-state index in [0.29, 0.717) is 18.4 Å². The molecule has 4 nitrogen and oxygen atoms in total. The van der Waals surface area contributed by atoms with E-state index in [0.717, 1.165) is 25.0 Å². The Kier molecular flexibility index (Phi) is 5.14. The lowest BCUT2D eigenvalue weighted by Crippen LogP contribution is -2.36. The molecular formula is C16H20N2O2. The Balaban J connectivity index is 1.78. The van der Waals surface area contributed by atoms with Crippen LogP contribution in [0.2, 0.25) is 0 Å². The van der Waals surface area contributed by atoms with E-state index in [1.165, 1.54) is 0 Å². The normalized spacial score (nSPS) is 22.4. The molecule has 0 radical (unpaired) electrons. The number of benzene rings is 1. The highest BCUT2D eigenvalue weighted by Gasteiger charge is 2.31. The lowest BCUT2D eigenvalue weighted by molar-refractivity contribution is -0.124. The van der Waals surface area contributed by atoms with Crippen LogP contribution in [0.5, 0.6) is 0 Å². The average molecular weight is 272 g/mol. The van der Waals surface area contributed by atoms with Crippen LogP contribution in [0.4, 0.5) is 0 Å². The predicted octanol–water partition coefficient (Wildman–Crippen LogP) is 2.57. The minimum atomic E-state index is -0.563. The first-order valence-corrected chi connectivity index (χ1v) is 7.08. The maximum absolute atomic E-state index is 12.0. The molecule has 0 aromatic heterocycles. The van der Waals surface area contributed by atoms with E-state index < -0.39 is 6.04 Å². The predicted molar refractivity (Wildman–Crippen MR) is 75.7 cm³/mol. The summed E-state index contributed by atoms with van der Waals surface area (Å²) in [4.78, 5) is 12.0. The van der Waals surface area contributed by atoms with E-state index in [9.17, 15) is 4.79 Å². The van der Waals surface area contributed by atoms with E-state index in [2.05, 4.69) is 11.4 Å². The van der Waals surface area contributed by atoms with E-state index in [1.54, 1.807) is 0 Å². The standard InChI is InChI=1S/C16H20N2O2/c1-2-20-14-8-12(9-14)10-16(19)18-15(11-17)13-6-4-3-5-7-13/h3-7,12,14-15H,2,8-10H2,1H3,(H,18,19). The Labute approximate surface area is 119 Å². The summed E-state index contributed by atoms with van der Waals surface area (Å²) in [6.45, 7) is 2.71. The fourth-order valence-corrected chi connectivity index (χ4v) is 2.53. The molecule has 0 heterocycles. The molecule has 2 rings (SSSR count). The molecule has 1 saturated carbocycles. The Morgan fingerprint density at radius 1 is 1.45 bits per heavy atom. The summed E-state index contributed by atoms with van der Waals surface area (Å²) < 4.78 is 5.48. The number of amides is 1. The van der Waals surface area contributed by atoms with Crippen LogP contribution >= 0.6 is 0 Å². The van der Waals surface area contributed by atoms with E-state index >= 15 is 0 Å². The average Bonchev–Trinajstić information content (AvgIpc) is 2.43. The summed E-state index contributed by atoms with van der Waals surface area (Å²) in [6.07, 6.45) is 2.70.